The minimum absolute atomic E-state index is 0.0233. The fourth-order valence-corrected chi connectivity index (χ4v) is 3.48. The van der Waals surface area contributed by atoms with E-state index in [1.165, 1.54) is 18.8 Å². The lowest BCUT2D eigenvalue weighted by Gasteiger charge is -2.29. The summed E-state index contributed by atoms with van der Waals surface area (Å²) in [7, 11) is 0. The lowest BCUT2D eigenvalue weighted by molar-refractivity contribution is 0.102. The Morgan fingerprint density at radius 3 is 2.67 bits per heavy atom. The Kier molecular flexibility index (Phi) is 5.57. The van der Waals surface area contributed by atoms with Crippen LogP contribution in [0.5, 0.6) is 0 Å². The first-order valence-corrected chi connectivity index (χ1v) is 9.83. The van der Waals surface area contributed by atoms with Crippen molar-refractivity contribution in [2.75, 3.05) is 34.8 Å². The number of carbonyl (C=O) groups excluding carboxylic acids is 1. The van der Waals surface area contributed by atoms with Gasteiger partial charge in [0.25, 0.3) is 5.91 Å². The van der Waals surface area contributed by atoms with Gasteiger partial charge in [-0.25, -0.2) is 24.9 Å². The Morgan fingerprint density at radius 2 is 1.87 bits per heavy atom. The number of carbonyl (C=O) groups is 1. The van der Waals surface area contributed by atoms with E-state index in [2.05, 4.69) is 35.1 Å². The largest absolute Gasteiger partial charge is 0.382 e. The van der Waals surface area contributed by atoms with Crippen molar-refractivity contribution in [3.8, 4) is 11.4 Å². The van der Waals surface area contributed by atoms with E-state index in [4.69, 9.17) is 23.1 Å². The fraction of sp³-hybridized carbons (Fsp3) is 0.263. The molecule has 0 aromatic carbocycles. The molecule has 1 aliphatic rings. The molecule has 3 aromatic rings. The van der Waals surface area contributed by atoms with Crippen molar-refractivity contribution in [1.29, 1.82) is 0 Å². The molecule has 0 aliphatic carbocycles. The van der Waals surface area contributed by atoms with Gasteiger partial charge in [0.15, 0.2) is 17.3 Å². The molecule has 1 aliphatic heterocycles. The van der Waals surface area contributed by atoms with Crippen LogP contribution in [-0.4, -0.2) is 43.9 Å². The average Bonchev–Trinajstić information content (AvgIpc) is 2.77. The van der Waals surface area contributed by atoms with Crippen molar-refractivity contribution in [3.05, 3.63) is 41.4 Å². The summed E-state index contributed by atoms with van der Waals surface area (Å²) >= 11 is 6.14. The third kappa shape index (κ3) is 4.08. The highest BCUT2D eigenvalue weighted by atomic mass is 35.5. The number of aromatic nitrogens is 5. The molecule has 3 aromatic heterocycles. The maximum Gasteiger partial charge on any atom is 0.279 e. The topological polar surface area (TPSA) is 149 Å². The van der Waals surface area contributed by atoms with Crippen LogP contribution in [0.1, 0.15) is 29.8 Å². The number of nitrogens with one attached hydrogen (secondary N) is 1. The average molecular weight is 426 g/mol. The first-order chi connectivity index (χ1) is 14.5. The van der Waals surface area contributed by atoms with Crippen LogP contribution in [0.3, 0.4) is 0 Å². The standard InChI is InChI=1S/C19H20ClN9O/c20-11-9-25-19(22)27-14(11)12-10-24-16(21)15(26-12)18(30)28-17-13(5-4-6-23-17)29-7-2-1-3-8-29/h4-6,9-10H,1-3,7-8H2,(H2,21,24)(H2,22,25,27)(H,23,28,30). The summed E-state index contributed by atoms with van der Waals surface area (Å²) in [5, 5.41) is 3.03. The predicted octanol–water partition coefficient (Wildman–Crippen LogP) is 2.39. The number of piperidine rings is 1. The summed E-state index contributed by atoms with van der Waals surface area (Å²) in [6.45, 7) is 1.83. The van der Waals surface area contributed by atoms with Gasteiger partial charge < -0.3 is 21.7 Å². The van der Waals surface area contributed by atoms with Crippen LogP contribution in [0.25, 0.3) is 11.4 Å². The molecule has 30 heavy (non-hydrogen) atoms. The van der Waals surface area contributed by atoms with Crippen molar-refractivity contribution >= 4 is 40.8 Å². The molecule has 0 saturated carbocycles. The molecule has 1 amide bonds. The highest BCUT2D eigenvalue weighted by Gasteiger charge is 2.21. The van der Waals surface area contributed by atoms with Crippen LogP contribution in [0.4, 0.5) is 23.3 Å². The molecule has 154 valence electrons. The minimum atomic E-state index is -0.531. The van der Waals surface area contributed by atoms with Gasteiger partial charge in [-0.1, -0.05) is 11.6 Å². The molecule has 11 heteroatoms. The van der Waals surface area contributed by atoms with Crippen LogP contribution in [0.2, 0.25) is 5.02 Å². The molecule has 4 rings (SSSR count). The van der Waals surface area contributed by atoms with E-state index in [1.54, 1.807) is 6.20 Å². The lowest BCUT2D eigenvalue weighted by atomic mass is 10.1. The van der Waals surface area contributed by atoms with Gasteiger partial charge in [0.1, 0.15) is 11.4 Å². The zero-order chi connectivity index (χ0) is 21.1. The molecule has 0 spiro atoms. The number of nitrogens with zero attached hydrogens (tertiary/aromatic N) is 6. The smallest absolute Gasteiger partial charge is 0.279 e. The van der Waals surface area contributed by atoms with Gasteiger partial charge in [-0.05, 0) is 31.4 Å². The molecule has 1 fully saturated rings. The summed E-state index contributed by atoms with van der Waals surface area (Å²) in [6, 6.07) is 3.78. The monoisotopic (exact) mass is 425 g/mol. The number of nitrogens with two attached hydrogens (primary N) is 2. The summed E-state index contributed by atoms with van der Waals surface area (Å²) < 4.78 is 0. The van der Waals surface area contributed by atoms with E-state index < -0.39 is 5.91 Å². The van der Waals surface area contributed by atoms with Crippen molar-refractivity contribution in [2.24, 2.45) is 0 Å². The molecule has 1 saturated heterocycles. The number of nitrogen functional groups attached to an aromatic ring is 2. The molecule has 0 radical (unpaired) electrons. The number of pyridine rings is 1. The second kappa shape index (κ2) is 8.46. The number of amides is 1. The molecule has 0 bridgehead atoms. The quantitative estimate of drug-likeness (QED) is 0.572. The Bertz CT molecular complexity index is 1090. The summed E-state index contributed by atoms with van der Waals surface area (Å²) in [5.41, 5.74) is 12.9. The summed E-state index contributed by atoms with van der Waals surface area (Å²) in [5.74, 6) is -0.0826. The summed E-state index contributed by atoms with van der Waals surface area (Å²) in [4.78, 5) is 35.8. The van der Waals surface area contributed by atoms with Gasteiger partial charge in [0, 0.05) is 19.3 Å². The van der Waals surface area contributed by atoms with Crippen LogP contribution >= 0.6 is 11.6 Å². The Hall–Kier alpha value is -3.53. The molecule has 10 nitrogen and oxygen atoms in total. The van der Waals surface area contributed by atoms with Gasteiger partial charge in [-0.2, -0.15) is 0 Å². The SMILES string of the molecule is Nc1ncc(Cl)c(-c2cnc(N)c(C(=O)Nc3ncccc3N3CCCCC3)n2)n1. The van der Waals surface area contributed by atoms with Crippen molar-refractivity contribution < 1.29 is 4.79 Å². The van der Waals surface area contributed by atoms with Gasteiger partial charge in [0.2, 0.25) is 5.95 Å². The van der Waals surface area contributed by atoms with Crippen LogP contribution < -0.4 is 21.7 Å². The highest BCUT2D eigenvalue weighted by Crippen LogP contribution is 2.28. The summed E-state index contributed by atoms with van der Waals surface area (Å²) in [6.07, 6.45) is 7.76. The third-order valence-electron chi connectivity index (χ3n) is 4.74. The van der Waals surface area contributed by atoms with E-state index in [0.717, 1.165) is 31.6 Å². The molecule has 0 unspecified atom stereocenters. The van der Waals surface area contributed by atoms with Crippen molar-refractivity contribution in [2.45, 2.75) is 19.3 Å². The molecule has 0 atom stereocenters. The van der Waals surface area contributed by atoms with E-state index in [0.29, 0.717) is 5.82 Å². The Balaban J connectivity index is 1.64. The number of hydrogen-bond donors (Lipinski definition) is 3. The number of rotatable bonds is 4. The Morgan fingerprint density at radius 1 is 1.07 bits per heavy atom. The van der Waals surface area contributed by atoms with E-state index in [1.807, 2.05) is 12.1 Å². The van der Waals surface area contributed by atoms with E-state index in [-0.39, 0.29) is 33.9 Å². The predicted molar refractivity (Wildman–Crippen MR) is 115 cm³/mol. The van der Waals surface area contributed by atoms with Gasteiger partial charge in [0.05, 0.1) is 23.1 Å². The maximum atomic E-state index is 13.0. The maximum absolute atomic E-state index is 13.0. The normalized spacial score (nSPS) is 13.8. The highest BCUT2D eigenvalue weighted by molar-refractivity contribution is 6.32. The zero-order valence-electron chi connectivity index (χ0n) is 16.0. The van der Waals surface area contributed by atoms with Gasteiger partial charge >= 0.3 is 0 Å². The zero-order valence-corrected chi connectivity index (χ0v) is 16.8. The van der Waals surface area contributed by atoms with Crippen LogP contribution in [0, 0.1) is 0 Å². The van der Waals surface area contributed by atoms with E-state index >= 15 is 0 Å². The number of anilines is 4. The molecule has 5 N–H and O–H groups in total. The molecule has 4 heterocycles. The minimum Gasteiger partial charge on any atom is -0.382 e. The third-order valence-corrected chi connectivity index (χ3v) is 5.01. The molecular weight excluding hydrogens is 406 g/mol. The number of halogens is 1. The van der Waals surface area contributed by atoms with Crippen LogP contribution in [0.15, 0.2) is 30.7 Å². The lowest BCUT2D eigenvalue weighted by Crippen LogP contribution is -2.31. The number of hydrogen-bond acceptors (Lipinski definition) is 9. The van der Waals surface area contributed by atoms with Crippen molar-refractivity contribution in [1.82, 2.24) is 24.9 Å². The second-order valence-corrected chi connectivity index (χ2v) is 7.19. The molecular formula is C19H20ClN9O. The first kappa shape index (κ1) is 19.8. The van der Waals surface area contributed by atoms with Crippen LogP contribution in [-0.2, 0) is 0 Å². The van der Waals surface area contributed by atoms with Gasteiger partial charge in [-0.15, -0.1) is 0 Å². The fourth-order valence-electron chi connectivity index (χ4n) is 3.29. The first-order valence-electron chi connectivity index (χ1n) is 9.45. The second-order valence-electron chi connectivity index (χ2n) is 6.79. The van der Waals surface area contributed by atoms with Gasteiger partial charge in [-0.3, -0.25) is 4.79 Å². The van der Waals surface area contributed by atoms with Crippen molar-refractivity contribution in [3.63, 3.8) is 0 Å². The Labute approximate surface area is 177 Å². The van der Waals surface area contributed by atoms with E-state index in [9.17, 15) is 4.79 Å².